The van der Waals surface area contributed by atoms with Crippen LogP contribution in [0.15, 0.2) is 36.5 Å². The first kappa shape index (κ1) is 70.1. The average molecular weight is 1010 g/mol. The molecule has 0 saturated carbocycles. The van der Waals surface area contributed by atoms with Crippen LogP contribution in [0.1, 0.15) is 348 Å². The van der Waals surface area contributed by atoms with Crippen LogP contribution in [-0.2, 0) is 14.3 Å². The van der Waals surface area contributed by atoms with Crippen molar-refractivity contribution in [2.75, 3.05) is 13.2 Å². The van der Waals surface area contributed by atoms with Crippen molar-refractivity contribution in [1.82, 2.24) is 5.32 Å². The van der Waals surface area contributed by atoms with E-state index in [1.807, 2.05) is 6.08 Å². The number of amides is 1. The van der Waals surface area contributed by atoms with Crippen LogP contribution >= 0.6 is 0 Å². The van der Waals surface area contributed by atoms with Gasteiger partial charge in [0.25, 0.3) is 0 Å². The van der Waals surface area contributed by atoms with Crippen LogP contribution in [0, 0.1) is 0 Å². The lowest BCUT2D eigenvalue weighted by atomic mass is 10.0. The second-order valence-electron chi connectivity index (χ2n) is 22.1. The Kier molecular flexibility index (Phi) is 60.0. The maximum Gasteiger partial charge on any atom is 0.305 e. The van der Waals surface area contributed by atoms with E-state index in [0.29, 0.717) is 19.4 Å². The fourth-order valence-electron chi connectivity index (χ4n) is 9.92. The van der Waals surface area contributed by atoms with E-state index in [1.54, 1.807) is 6.08 Å². The second-order valence-corrected chi connectivity index (χ2v) is 22.1. The number of esters is 1. The molecule has 0 aromatic rings. The van der Waals surface area contributed by atoms with Gasteiger partial charge in [0.15, 0.2) is 0 Å². The van der Waals surface area contributed by atoms with E-state index < -0.39 is 12.1 Å². The Balaban J connectivity index is 3.47. The maximum atomic E-state index is 12.5. The first-order chi connectivity index (χ1) is 35.5. The van der Waals surface area contributed by atoms with Gasteiger partial charge in [-0.3, -0.25) is 9.59 Å². The van der Waals surface area contributed by atoms with Gasteiger partial charge < -0.3 is 20.3 Å². The summed E-state index contributed by atoms with van der Waals surface area (Å²) in [5, 5.41) is 23.2. The normalized spacial score (nSPS) is 12.8. The molecule has 0 radical (unpaired) electrons. The summed E-state index contributed by atoms with van der Waals surface area (Å²) in [4.78, 5) is 24.5. The van der Waals surface area contributed by atoms with Gasteiger partial charge in [-0.1, -0.05) is 288 Å². The number of hydrogen-bond donors (Lipinski definition) is 3. The van der Waals surface area contributed by atoms with E-state index in [9.17, 15) is 19.8 Å². The number of nitrogens with one attached hydrogen (secondary N) is 1. The largest absolute Gasteiger partial charge is 0.466 e. The van der Waals surface area contributed by atoms with Crippen molar-refractivity contribution in [2.45, 2.75) is 360 Å². The van der Waals surface area contributed by atoms with Crippen LogP contribution in [0.2, 0.25) is 0 Å². The minimum atomic E-state index is -0.851. The van der Waals surface area contributed by atoms with Crippen LogP contribution in [0.25, 0.3) is 0 Å². The van der Waals surface area contributed by atoms with E-state index in [-0.39, 0.29) is 18.5 Å². The van der Waals surface area contributed by atoms with E-state index in [0.717, 1.165) is 51.4 Å². The van der Waals surface area contributed by atoms with E-state index in [1.165, 1.54) is 270 Å². The molecule has 0 spiro atoms. The van der Waals surface area contributed by atoms with Gasteiger partial charge in [-0.25, -0.2) is 0 Å². The highest BCUT2D eigenvalue weighted by Crippen LogP contribution is 2.17. The zero-order chi connectivity index (χ0) is 52.2. The van der Waals surface area contributed by atoms with Crippen molar-refractivity contribution in [1.29, 1.82) is 0 Å². The molecule has 0 aliphatic carbocycles. The minimum Gasteiger partial charge on any atom is -0.466 e. The molecule has 0 aromatic heterocycles. The van der Waals surface area contributed by atoms with Crippen molar-refractivity contribution in [2.24, 2.45) is 0 Å². The Morgan fingerprint density at radius 2 is 0.653 bits per heavy atom. The van der Waals surface area contributed by atoms with Gasteiger partial charge >= 0.3 is 5.97 Å². The summed E-state index contributed by atoms with van der Waals surface area (Å²) in [5.74, 6) is -0.0753. The minimum absolute atomic E-state index is 0.00233. The number of aliphatic hydroxyl groups excluding tert-OH is 2. The number of allylic oxidation sites excluding steroid dienone is 5. The number of rotatable bonds is 60. The van der Waals surface area contributed by atoms with Crippen LogP contribution in [0.3, 0.4) is 0 Å². The molecule has 2 atom stereocenters. The Morgan fingerprint density at radius 3 is 1.01 bits per heavy atom. The zero-order valence-corrected chi connectivity index (χ0v) is 48.4. The van der Waals surface area contributed by atoms with E-state index in [2.05, 4.69) is 43.5 Å². The van der Waals surface area contributed by atoms with Crippen LogP contribution < -0.4 is 5.32 Å². The van der Waals surface area contributed by atoms with Gasteiger partial charge in [-0.05, 0) is 83.5 Å². The predicted molar refractivity (Wildman–Crippen MR) is 315 cm³/mol. The summed E-state index contributed by atoms with van der Waals surface area (Å²) in [5.41, 5.74) is 0. The lowest BCUT2D eigenvalue weighted by molar-refractivity contribution is -0.143. The molecule has 6 nitrogen and oxygen atoms in total. The molecule has 72 heavy (non-hydrogen) atoms. The SMILES string of the molecule is CCCCC/C=C\CCCCCCCC(=O)OCCCCCCCCCCCC/C=C\CCCCCCCCCC(=O)NC(CO)C(O)/C=C/CCCCCCCCCCCCCCCCCCCCCC. The highest BCUT2D eigenvalue weighted by atomic mass is 16.5. The second kappa shape index (κ2) is 61.6. The highest BCUT2D eigenvalue weighted by Gasteiger charge is 2.18. The summed E-state index contributed by atoms with van der Waals surface area (Å²) in [6, 6.07) is -0.635. The number of aliphatic hydroxyl groups is 2. The molecule has 0 bridgehead atoms. The van der Waals surface area contributed by atoms with Crippen LogP contribution in [0.5, 0.6) is 0 Å². The van der Waals surface area contributed by atoms with Crippen LogP contribution in [-0.4, -0.2) is 47.4 Å². The summed E-state index contributed by atoms with van der Waals surface area (Å²) in [6.45, 7) is 4.89. The Bertz CT molecular complexity index is 1170. The lowest BCUT2D eigenvalue weighted by Crippen LogP contribution is -2.45. The Morgan fingerprint density at radius 1 is 0.375 bits per heavy atom. The molecule has 0 heterocycles. The molecule has 0 saturated heterocycles. The monoisotopic (exact) mass is 1010 g/mol. The summed E-state index contributed by atoms with van der Waals surface area (Å²) >= 11 is 0. The summed E-state index contributed by atoms with van der Waals surface area (Å²) < 4.78 is 5.46. The molecule has 0 rings (SSSR count). The van der Waals surface area contributed by atoms with Crippen molar-refractivity contribution in [3.63, 3.8) is 0 Å². The quantitative estimate of drug-likeness (QED) is 0.0320. The molecule has 6 heteroatoms. The molecule has 0 aromatic carbocycles. The molecule has 1 amide bonds. The maximum absolute atomic E-state index is 12.5. The average Bonchev–Trinajstić information content (AvgIpc) is 3.38. The fraction of sp³-hybridized carbons (Fsp3) is 0.879. The molecular weight excluding hydrogens is 887 g/mol. The van der Waals surface area contributed by atoms with Gasteiger partial charge in [0.1, 0.15) is 0 Å². The van der Waals surface area contributed by atoms with Gasteiger partial charge in [0, 0.05) is 12.8 Å². The Labute approximate surface area is 449 Å². The third-order valence-corrected chi connectivity index (χ3v) is 14.9. The standard InChI is InChI=1S/C66H125NO5/c1-3-5-7-9-11-13-15-17-18-19-20-21-23-26-29-32-35-38-42-46-50-54-58-64(69)63(62-68)67-65(70)59-55-51-47-43-39-36-33-30-27-24-22-25-28-31-34-37-41-45-49-53-57-61-72-66(71)60-56-52-48-44-40-16-14-12-10-8-6-4-2/h12,14,24,27,54,58,63-64,68-69H,3-11,13,15-23,25-26,28-53,55-57,59-62H2,1-2H3,(H,67,70)/b14-12-,27-24-,58-54+. The van der Waals surface area contributed by atoms with Gasteiger partial charge in [-0.15, -0.1) is 0 Å². The van der Waals surface area contributed by atoms with E-state index in [4.69, 9.17) is 4.74 Å². The number of ether oxygens (including phenoxy) is 1. The summed E-state index contributed by atoms with van der Waals surface area (Å²) in [6.07, 6.45) is 77.6. The van der Waals surface area contributed by atoms with Gasteiger partial charge in [0.2, 0.25) is 5.91 Å². The van der Waals surface area contributed by atoms with Crippen molar-refractivity contribution in [3.8, 4) is 0 Å². The summed E-state index contributed by atoms with van der Waals surface area (Å²) in [7, 11) is 0. The van der Waals surface area contributed by atoms with Gasteiger partial charge in [-0.2, -0.15) is 0 Å². The smallest absolute Gasteiger partial charge is 0.305 e. The topological polar surface area (TPSA) is 95.9 Å². The third-order valence-electron chi connectivity index (χ3n) is 14.9. The molecule has 0 aliphatic heterocycles. The fourth-order valence-corrected chi connectivity index (χ4v) is 9.92. The molecule has 424 valence electrons. The number of unbranched alkanes of at least 4 members (excludes halogenated alkanes) is 45. The lowest BCUT2D eigenvalue weighted by Gasteiger charge is -2.20. The molecule has 0 fully saturated rings. The molecular formula is C66H125NO5. The van der Waals surface area contributed by atoms with Gasteiger partial charge in [0.05, 0.1) is 25.4 Å². The number of carbonyl (C=O) groups excluding carboxylic acids is 2. The highest BCUT2D eigenvalue weighted by molar-refractivity contribution is 5.76. The molecule has 0 aliphatic rings. The number of hydrogen-bond acceptors (Lipinski definition) is 5. The zero-order valence-electron chi connectivity index (χ0n) is 48.4. The van der Waals surface area contributed by atoms with Crippen molar-refractivity contribution in [3.05, 3.63) is 36.5 Å². The van der Waals surface area contributed by atoms with Crippen molar-refractivity contribution >= 4 is 11.9 Å². The first-order valence-corrected chi connectivity index (χ1v) is 32.3. The molecule has 3 N–H and O–H groups in total. The van der Waals surface area contributed by atoms with Crippen molar-refractivity contribution < 1.29 is 24.5 Å². The third kappa shape index (κ3) is 57.4. The predicted octanol–water partition coefficient (Wildman–Crippen LogP) is 20.4. The Hall–Kier alpha value is -1.92. The van der Waals surface area contributed by atoms with E-state index >= 15 is 0 Å². The first-order valence-electron chi connectivity index (χ1n) is 32.3. The van der Waals surface area contributed by atoms with Crippen LogP contribution in [0.4, 0.5) is 0 Å². The number of carbonyl (C=O) groups is 2. The molecule has 2 unspecified atom stereocenters.